The number of carbonyl (C=O) groups is 3. The summed E-state index contributed by atoms with van der Waals surface area (Å²) in [6.07, 6.45) is 0.113. The second-order valence-electron chi connectivity index (χ2n) is 9.50. The number of anilines is 1. The van der Waals surface area contributed by atoms with Gasteiger partial charge in [0, 0.05) is 28.4 Å². The third-order valence-corrected chi connectivity index (χ3v) is 7.43. The highest BCUT2D eigenvalue weighted by Crippen LogP contribution is 2.51. The molecular formula is C31H26F2N2O5. The molecule has 1 aliphatic heterocycles. The van der Waals surface area contributed by atoms with Gasteiger partial charge in [-0.25, -0.2) is 13.6 Å². The molecule has 1 aliphatic carbocycles. The first kappa shape index (κ1) is 26.8. The van der Waals surface area contributed by atoms with Crippen LogP contribution >= 0.6 is 0 Å². The van der Waals surface area contributed by atoms with E-state index >= 15 is 4.39 Å². The summed E-state index contributed by atoms with van der Waals surface area (Å²) < 4.78 is 39.4. The lowest BCUT2D eigenvalue weighted by Crippen LogP contribution is -2.46. The number of Topliss-reactive ketones (excluding diaryl/α,β-unsaturated/α-hetero) is 1. The van der Waals surface area contributed by atoms with Crippen molar-refractivity contribution in [1.29, 1.82) is 0 Å². The summed E-state index contributed by atoms with van der Waals surface area (Å²) in [4.78, 5) is 42.3. The molecule has 0 amide bonds. The molecule has 3 aromatic carbocycles. The van der Waals surface area contributed by atoms with E-state index in [1.54, 1.807) is 30.3 Å². The van der Waals surface area contributed by atoms with Crippen LogP contribution in [0.5, 0.6) is 0 Å². The van der Waals surface area contributed by atoms with E-state index in [0.29, 0.717) is 16.9 Å². The number of ether oxygens (including phenoxy) is 2. The largest absolute Gasteiger partial charge is 0.468 e. The van der Waals surface area contributed by atoms with Crippen LogP contribution in [0.3, 0.4) is 0 Å². The zero-order chi connectivity index (χ0) is 28.6. The summed E-state index contributed by atoms with van der Waals surface area (Å²) >= 11 is 0. The Balaban J connectivity index is 1.84. The number of methoxy groups -OCH3 is 2. The van der Waals surface area contributed by atoms with E-state index in [9.17, 15) is 18.8 Å². The number of nitrogens with two attached hydrogens (primary N) is 1. The summed E-state index contributed by atoms with van der Waals surface area (Å²) in [6.45, 7) is 0. The van der Waals surface area contributed by atoms with Crippen LogP contribution in [0.25, 0.3) is 0 Å². The Morgan fingerprint density at radius 1 is 0.900 bits per heavy atom. The maximum absolute atomic E-state index is 15.4. The van der Waals surface area contributed by atoms with Crippen molar-refractivity contribution in [2.75, 3.05) is 19.1 Å². The predicted octanol–water partition coefficient (Wildman–Crippen LogP) is 4.71. The van der Waals surface area contributed by atoms with Gasteiger partial charge in [0.2, 0.25) is 0 Å². The lowest BCUT2D eigenvalue weighted by atomic mass is 9.67. The Morgan fingerprint density at radius 2 is 1.55 bits per heavy atom. The minimum atomic E-state index is -1.27. The number of halogens is 2. The number of hydrogen-bond donors (Lipinski definition) is 1. The van der Waals surface area contributed by atoms with Crippen molar-refractivity contribution >= 4 is 23.4 Å². The van der Waals surface area contributed by atoms with Gasteiger partial charge in [-0.1, -0.05) is 48.5 Å². The number of carbonyl (C=O) groups excluding carboxylic acids is 3. The Hall–Kier alpha value is -4.79. The van der Waals surface area contributed by atoms with Gasteiger partial charge < -0.3 is 15.2 Å². The maximum Gasteiger partial charge on any atom is 0.338 e. The highest BCUT2D eigenvalue weighted by Gasteiger charge is 2.51. The molecule has 2 aliphatic rings. The lowest BCUT2D eigenvalue weighted by molar-refractivity contribution is -0.150. The van der Waals surface area contributed by atoms with Gasteiger partial charge >= 0.3 is 11.9 Å². The third-order valence-electron chi connectivity index (χ3n) is 7.43. The van der Waals surface area contributed by atoms with E-state index in [4.69, 9.17) is 15.2 Å². The first-order valence-corrected chi connectivity index (χ1v) is 12.6. The van der Waals surface area contributed by atoms with E-state index in [2.05, 4.69) is 0 Å². The molecule has 0 fully saturated rings. The van der Waals surface area contributed by atoms with E-state index in [1.807, 2.05) is 6.07 Å². The van der Waals surface area contributed by atoms with Crippen LogP contribution < -0.4 is 10.6 Å². The summed E-state index contributed by atoms with van der Waals surface area (Å²) in [5.41, 5.74) is 7.97. The van der Waals surface area contributed by atoms with E-state index in [1.165, 1.54) is 54.5 Å². The molecule has 7 nitrogen and oxygen atoms in total. The maximum atomic E-state index is 15.4. The zero-order valence-corrected chi connectivity index (χ0v) is 21.8. The van der Waals surface area contributed by atoms with Gasteiger partial charge in [0.05, 0.1) is 25.7 Å². The number of nitrogens with zero attached hydrogens (tertiary/aromatic N) is 1. The quantitative estimate of drug-likeness (QED) is 0.367. The van der Waals surface area contributed by atoms with Crippen LogP contribution in [0.2, 0.25) is 0 Å². The second kappa shape index (κ2) is 10.8. The molecule has 9 heteroatoms. The fourth-order valence-corrected chi connectivity index (χ4v) is 5.65. The van der Waals surface area contributed by atoms with Crippen LogP contribution in [0.15, 0.2) is 102 Å². The number of benzene rings is 3. The van der Waals surface area contributed by atoms with Gasteiger partial charge in [-0.15, -0.1) is 0 Å². The Kier molecular flexibility index (Phi) is 7.21. The standard InChI is InChI=1S/C31H26F2N2O5/c1-39-30(37)25-21(17-8-4-3-5-9-17)16-23-26(28(25)36)24(20-10-6-7-11-22(20)33)27(31(38)40-2)29(34)35(23)19-14-12-18(32)13-15-19/h3-15,21,24-25H,16,34H2,1-2H3/t21-,24+,25+/m0/s1. The van der Waals surface area contributed by atoms with Crippen LogP contribution in [-0.4, -0.2) is 31.9 Å². The molecule has 3 aromatic rings. The van der Waals surface area contributed by atoms with Crippen LogP contribution in [0.4, 0.5) is 14.5 Å². The Labute approximate surface area is 229 Å². The van der Waals surface area contributed by atoms with Crippen molar-refractivity contribution in [3.05, 3.63) is 124 Å². The topological polar surface area (TPSA) is 98.9 Å². The molecule has 0 bridgehead atoms. The van der Waals surface area contributed by atoms with Gasteiger partial charge in [-0.3, -0.25) is 14.5 Å². The van der Waals surface area contributed by atoms with Crippen molar-refractivity contribution < 1.29 is 32.6 Å². The summed E-state index contributed by atoms with van der Waals surface area (Å²) in [5.74, 6) is -6.72. The Bertz CT molecular complexity index is 1550. The second-order valence-corrected chi connectivity index (χ2v) is 9.50. The average molecular weight is 545 g/mol. The molecule has 2 N–H and O–H groups in total. The molecule has 0 radical (unpaired) electrons. The predicted molar refractivity (Wildman–Crippen MR) is 143 cm³/mol. The molecule has 3 atom stereocenters. The van der Waals surface area contributed by atoms with Crippen LogP contribution in [0, 0.1) is 17.6 Å². The Morgan fingerprint density at radius 3 is 2.17 bits per heavy atom. The molecule has 204 valence electrons. The highest BCUT2D eigenvalue weighted by molar-refractivity contribution is 6.14. The highest BCUT2D eigenvalue weighted by atomic mass is 19.1. The number of allylic oxidation sites excluding steroid dienone is 2. The molecular weight excluding hydrogens is 518 g/mol. The number of hydrogen-bond acceptors (Lipinski definition) is 7. The first-order chi connectivity index (χ1) is 19.3. The average Bonchev–Trinajstić information content (AvgIpc) is 2.97. The summed E-state index contributed by atoms with van der Waals surface area (Å²) in [7, 11) is 2.35. The molecule has 0 aromatic heterocycles. The van der Waals surface area contributed by atoms with Gasteiger partial charge in [-0.2, -0.15) is 0 Å². The number of esters is 2. The van der Waals surface area contributed by atoms with Crippen LogP contribution in [-0.2, 0) is 23.9 Å². The molecule has 0 spiro atoms. The molecule has 1 heterocycles. The van der Waals surface area contributed by atoms with Crippen molar-refractivity contribution in [3.63, 3.8) is 0 Å². The molecule has 0 saturated heterocycles. The number of ketones is 1. The van der Waals surface area contributed by atoms with Gasteiger partial charge in [0.15, 0.2) is 5.78 Å². The minimum absolute atomic E-state index is 0.0200. The van der Waals surface area contributed by atoms with Gasteiger partial charge in [0.25, 0.3) is 0 Å². The molecule has 5 rings (SSSR count). The van der Waals surface area contributed by atoms with E-state index < -0.39 is 47.1 Å². The van der Waals surface area contributed by atoms with Crippen molar-refractivity contribution in [2.45, 2.75) is 18.3 Å². The normalized spacial score (nSPS) is 20.8. The summed E-state index contributed by atoms with van der Waals surface area (Å²) in [5, 5.41) is 0. The van der Waals surface area contributed by atoms with Crippen molar-refractivity contribution in [3.8, 4) is 0 Å². The first-order valence-electron chi connectivity index (χ1n) is 12.6. The van der Waals surface area contributed by atoms with Gasteiger partial charge in [0.1, 0.15) is 23.4 Å². The van der Waals surface area contributed by atoms with Crippen LogP contribution in [0.1, 0.15) is 29.4 Å². The molecule has 0 saturated carbocycles. The number of rotatable bonds is 5. The fraction of sp³-hybridized carbons (Fsp3) is 0.194. The van der Waals surface area contributed by atoms with Gasteiger partial charge in [-0.05, 0) is 42.3 Å². The van der Waals surface area contributed by atoms with Crippen molar-refractivity contribution in [2.24, 2.45) is 11.7 Å². The minimum Gasteiger partial charge on any atom is -0.468 e. The zero-order valence-electron chi connectivity index (χ0n) is 21.8. The smallest absolute Gasteiger partial charge is 0.338 e. The van der Waals surface area contributed by atoms with E-state index in [-0.39, 0.29) is 29.0 Å². The monoisotopic (exact) mass is 544 g/mol. The molecule has 0 unspecified atom stereocenters. The summed E-state index contributed by atoms with van der Waals surface area (Å²) in [6, 6.07) is 20.1. The lowest BCUT2D eigenvalue weighted by Gasteiger charge is -2.44. The van der Waals surface area contributed by atoms with E-state index in [0.717, 1.165) is 7.11 Å². The van der Waals surface area contributed by atoms with Crippen molar-refractivity contribution in [1.82, 2.24) is 0 Å². The third kappa shape index (κ3) is 4.43. The molecule has 40 heavy (non-hydrogen) atoms. The fourth-order valence-electron chi connectivity index (χ4n) is 5.65. The SMILES string of the molecule is COC(=O)C1=C(N)N(c2ccc(F)cc2)C2=C(C(=O)[C@H](C(=O)OC)[C@H](c3ccccc3)C2)[C@H]1c1ccccc1F.